The highest BCUT2D eigenvalue weighted by Gasteiger charge is 2.33. The third-order valence-electron chi connectivity index (χ3n) is 5.00. The molecule has 0 bridgehead atoms. The van der Waals surface area contributed by atoms with E-state index < -0.39 is 5.60 Å². The molecule has 2 fully saturated rings. The van der Waals surface area contributed by atoms with Crippen LogP contribution in [0.15, 0.2) is 0 Å². The first-order valence-electron chi connectivity index (χ1n) is 8.65. The van der Waals surface area contributed by atoms with E-state index in [0.29, 0.717) is 12.0 Å². The van der Waals surface area contributed by atoms with Crippen LogP contribution in [-0.4, -0.2) is 47.8 Å². The first kappa shape index (κ1) is 16.3. The highest BCUT2D eigenvalue weighted by atomic mass is 16.3. The molecule has 3 heteroatoms. The van der Waals surface area contributed by atoms with Gasteiger partial charge in [0, 0.05) is 19.1 Å². The van der Waals surface area contributed by atoms with E-state index in [4.69, 9.17) is 0 Å². The lowest BCUT2D eigenvalue weighted by molar-refractivity contribution is -0.0153. The lowest BCUT2D eigenvalue weighted by Gasteiger charge is -2.39. The van der Waals surface area contributed by atoms with Crippen LogP contribution in [0.5, 0.6) is 0 Å². The van der Waals surface area contributed by atoms with Crippen molar-refractivity contribution in [3.8, 4) is 0 Å². The average Bonchev–Trinajstić information content (AvgIpc) is 2.37. The molecule has 0 spiro atoms. The van der Waals surface area contributed by atoms with Gasteiger partial charge in [-0.25, -0.2) is 0 Å². The minimum Gasteiger partial charge on any atom is -0.389 e. The minimum absolute atomic E-state index is 0.438. The van der Waals surface area contributed by atoms with Crippen molar-refractivity contribution in [1.29, 1.82) is 0 Å². The van der Waals surface area contributed by atoms with Gasteiger partial charge in [0.1, 0.15) is 0 Å². The number of nitrogens with one attached hydrogen (secondary N) is 1. The van der Waals surface area contributed by atoms with Crippen molar-refractivity contribution in [2.45, 2.75) is 70.9 Å². The van der Waals surface area contributed by atoms with Gasteiger partial charge in [-0.3, -0.25) is 0 Å². The molecule has 0 amide bonds. The second-order valence-electron chi connectivity index (χ2n) is 7.78. The number of aliphatic hydroxyl groups is 1. The summed E-state index contributed by atoms with van der Waals surface area (Å²) in [4.78, 5) is 2.58. The van der Waals surface area contributed by atoms with E-state index in [2.05, 4.69) is 31.0 Å². The van der Waals surface area contributed by atoms with Crippen molar-refractivity contribution in [3.05, 3.63) is 0 Å². The Morgan fingerprint density at radius 2 is 1.95 bits per heavy atom. The van der Waals surface area contributed by atoms with Gasteiger partial charge in [-0.15, -0.1) is 0 Å². The molecule has 3 nitrogen and oxygen atoms in total. The van der Waals surface area contributed by atoms with Crippen LogP contribution in [0.25, 0.3) is 0 Å². The predicted octanol–water partition coefficient (Wildman–Crippen LogP) is 2.64. The zero-order valence-corrected chi connectivity index (χ0v) is 13.7. The highest BCUT2D eigenvalue weighted by molar-refractivity contribution is 4.89. The summed E-state index contributed by atoms with van der Waals surface area (Å²) >= 11 is 0. The molecule has 1 heterocycles. The van der Waals surface area contributed by atoms with Gasteiger partial charge in [-0.2, -0.15) is 0 Å². The van der Waals surface area contributed by atoms with E-state index in [1.807, 2.05) is 0 Å². The van der Waals surface area contributed by atoms with E-state index >= 15 is 0 Å². The smallest absolute Gasteiger partial charge is 0.0774 e. The number of hydrogen-bond donors (Lipinski definition) is 2. The van der Waals surface area contributed by atoms with Crippen LogP contribution in [0.1, 0.15) is 59.3 Å². The molecule has 2 rings (SSSR count). The topological polar surface area (TPSA) is 35.5 Å². The summed E-state index contributed by atoms with van der Waals surface area (Å²) in [7, 11) is 0. The SMILES string of the molecule is CC(C)CN1CCC(NCC2(O)CCCC(C)C2)CC1. The quantitative estimate of drug-likeness (QED) is 0.814. The van der Waals surface area contributed by atoms with Crippen LogP contribution in [-0.2, 0) is 0 Å². The monoisotopic (exact) mass is 282 g/mol. The molecular formula is C17H34N2O. The molecule has 2 N–H and O–H groups in total. The minimum atomic E-state index is -0.438. The molecule has 1 saturated heterocycles. The zero-order valence-electron chi connectivity index (χ0n) is 13.7. The Bertz CT molecular complexity index is 287. The van der Waals surface area contributed by atoms with Crippen LogP contribution in [0, 0.1) is 11.8 Å². The van der Waals surface area contributed by atoms with Gasteiger partial charge < -0.3 is 15.3 Å². The van der Waals surface area contributed by atoms with Crippen LogP contribution >= 0.6 is 0 Å². The van der Waals surface area contributed by atoms with E-state index in [9.17, 15) is 5.11 Å². The molecule has 1 aliphatic carbocycles. The van der Waals surface area contributed by atoms with Gasteiger partial charge in [-0.05, 0) is 50.6 Å². The number of hydrogen-bond acceptors (Lipinski definition) is 3. The average molecular weight is 282 g/mol. The standard InChI is InChI=1S/C17H34N2O/c1-14(2)12-19-9-6-16(7-10-19)18-13-17(20)8-4-5-15(3)11-17/h14-16,18,20H,4-13H2,1-3H3. The Kier molecular flexibility index (Phi) is 5.88. The molecule has 2 atom stereocenters. The van der Waals surface area contributed by atoms with Gasteiger partial charge in [0.2, 0.25) is 0 Å². The molecule has 0 aromatic heterocycles. The Labute approximate surface area is 125 Å². The molecule has 2 aliphatic rings. The van der Waals surface area contributed by atoms with E-state index in [-0.39, 0.29) is 0 Å². The van der Waals surface area contributed by atoms with Gasteiger partial charge in [0.05, 0.1) is 5.60 Å². The Morgan fingerprint density at radius 1 is 1.25 bits per heavy atom. The van der Waals surface area contributed by atoms with Crippen molar-refractivity contribution in [2.75, 3.05) is 26.2 Å². The fourth-order valence-corrected chi connectivity index (χ4v) is 3.96. The third kappa shape index (κ3) is 5.01. The molecule has 1 saturated carbocycles. The fourth-order valence-electron chi connectivity index (χ4n) is 3.96. The Morgan fingerprint density at radius 3 is 2.55 bits per heavy atom. The van der Waals surface area contributed by atoms with Gasteiger partial charge in [0.15, 0.2) is 0 Å². The number of likely N-dealkylation sites (tertiary alicyclic amines) is 1. The van der Waals surface area contributed by atoms with Crippen molar-refractivity contribution in [3.63, 3.8) is 0 Å². The molecule has 1 aliphatic heterocycles. The van der Waals surface area contributed by atoms with Crippen molar-refractivity contribution < 1.29 is 5.11 Å². The molecule has 0 aromatic carbocycles. The zero-order chi connectivity index (χ0) is 14.6. The van der Waals surface area contributed by atoms with E-state index in [1.165, 1.54) is 45.3 Å². The van der Waals surface area contributed by atoms with Crippen molar-refractivity contribution in [1.82, 2.24) is 10.2 Å². The number of rotatable bonds is 5. The molecule has 20 heavy (non-hydrogen) atoms. The maximum Gasteiger partial charge on any atom is 0.0774 e. The summed E-state index contributed by atoms with van der Waals surface area (Å²) in [6, 6.07) is 0.611. The number of nitrogens with zero attached hydrogens (tertiary/aromatic N) is 1. The largest absolute Gasteiger partial charge is 0.389 e. The Hall–Kier alpha value is -0.120. The normalized spacial score (nSPS) is 33.8. The first-order chi connectivity index (χ1) is 9.47. The second-order valence-corrected chi connectivity index (χ2v) is 7.78. The summed E-state index contributed by atoms with van der Waals surface area (Å²) in [6.45, 7) is 11.3. The molecular weight excluding hydrogens is 248 g/mol. The lowest BCUT2D eigenvalue weighted by atomic mass is 9.79. The van der Waals surface area contributed by atoms with Crippen LogP contribution < -0.4 is 5.32 Å². The maximum atomic E-state index is 10.7. The van der Waals surface area contributed by atoms with Crippen LogP contribution in [0.2, 0.25) is 0 Å². The summed E-state index contributed by atoms with van der Waals surface area (Å²) in [5.74, 6) is 1.45. The van der Waals surface area contributed by atoms with Crippen molar-refractivity contribution >= 4 is 0 Å². The van der Waals surface area contributed by atoms with Gasteiger partial charge in [0.25, 0.3) is 0 Å². The number of piperidine rings is 1. The van der Waals surface area contributed by atoms with Crippen molar-refractivity contribution in [2.24, 2.45) is 11.8 Å². The molecule has 0 aromatic rings. The molecule has 118 valence electrons. The van der Waals surface area contributed by atoms with E-state index in [0.717, 1.165) is 25.3 Å². The summed E-state index contributed by atoms with van der Waals surface area (Å²) in [6.07, 6.45) is 6.90. The lowest BCUT2D eigenvalue weighted by Crippen LogP contribution is -2.50. The predicted molar refractivity (Wildman–Crippen MR) is 84.9 cm³/mol. The van der Waals surface area contributed by atoms with Gasteiger partial charge >= 0.3 is 0 Å². The van der Waals surface area contributed by atoms with Crippen LogP contribution in [0.3, 0.4) is 0 Å². The van der Waals surface area contributed by atoms with E-state index in [1.54, 1.807) is 0 Å². The van der Waals surface area contributed by atoms with Crippen LogP contribution in [0.4, 0.5) is 0 Å². The highest BCUT2D eigenvalue weighted by Crippen LogP contribution is 2.31. The van der Waals surface area contributed by atoms with Gasteiger partial charge in [-0.1, -0.05) is 33.6 Å². The summed E-state index contributed by atoms with van der Waals surface area (Å²) < 4.78 is 0. The second kappa shape index (κ2) is 7.24. The maximum absolute atomic E-state index is 10.7. The Balaban J connectivity index is 1.68. The molecule has 2 unspecified atom stereocenters. The summed E-state index contributed by atoms with van der Waals surface area (Å²) in [5.41, 5.74) is -0.438. The third-order valence-corrected chi connectivity index (χ3v) is 5.00. The fraction of sp³-hybridized carbons (Fsp3) is 1.00. The summed E-state index contributed by atoms with van der Waals surface area (Å²) in [5, 5.41) is 14.3. The first-order valence-corrected chi connectivity index (χ1v) is 8.65. The molecule has 0 radical (unpaired) electrons.